The number of imidazole rings is 1. The van der Waals surface area contributed by atoms with Gasteiger partial charge in [-0.2, -0.15) is 0 Å². The maximum atomic E-state index is 6.26. The zero-order chi connectivity index (χ0) is 14.1. The Labute approximate surface area is 131 Å². The molecule has 1 fully saturated rings. The Hall–Kier alpha value is -0.650. The number of alkyl halides is 1. The van der Waals surface area contributed by atoms with Crippen LogP contribution < -0.4 is 0 Å². The Bertz CT molecular complexity index is 608. The molecule has 1 aliphatic rings. The molecule has 0 amide bonds. The van der Waals surface area contributed by atoms with Crippen molar-refractivity contribution in [1.29, 1.82) is 0 Å². The van der Waals surface area contributed by atoms with E-state index in [2.05, 4.69) is 30.5 Å². The average molecular weight is 359 g/mol. The summed E-state index contributed by atoms with van der Waals surface area (Å²) in [5.41, 5.74) is 1.78. The molecule has 0 spiro atoms. The molecule has 108 valence electrons. The quantitative estimate of drug-likeness (QED) is 0.774. The molecule has 3 heterocycles. The number of fused-ring (bicyclic) bond motifs is 1. The van der Waals surface area contributed by atoms with E-state index in [-0.39, 0.29) is 5.38 Å². The van der Waals surface area contributed by atoms with Crippen molar-refractivity contribution in [3.63, 3.8) is 0 Å². The highest BCUT2D eigenvalue weighted by Gasteiger charge is 2.19. The van der Waals surface area contributed by atoms with E-state index < -0.39 is 0 Å². The first-order valence-corrected chi connectivity index (χ1v) is 8.15. The number of hydrogen-bond donors (Lipinski definition) is 0. The number of aryl methyl sites for hydroxylation is 1. The molecule has 20 heavy (non-hydrogen) atoms. The lowest BCUT2D eigenvalue weighted by Crippen LogP contribution is -2.12. The van der Waals surface area contributed by atoms with Gasteiger partial charge >= 0.3 is 0 Å². The molecule has 2 unspecified atom stereocenters. The molecule has 0 radical (unpaired) electrons. The zero-order valence-electron chi connectivity index (χ0n) is 11.4. The summed E-state index contributed by atoms with van der Waals surface area (Å²) in [5.74, 6) is 0.880. The minimum atomic E-state index is -0.132. The zero-order valence-corrected chi connectivity index (χ0v) is 13.7. The second-order valence-corrected chi connectivity index (χ2v) is 6.73. The van der Waals surface area contributed by atoms with Crippen LogP contribution in [0.1, 0.15) is 37.4 Å². The van der Waals surface area contributed by atoms with Gasteiger partial charge in [-0.25, -0.2) is 9.97 Å². The van der Waals surface area contributed by atoms with E-state index in [0.717, 1.165) is 47.5 Å². The van der Waals surface area contributed by atoms with Crippen molar-refractivity contribution >= 4 is 38.7 Å². The van der Waals surface area contributed by atoms with Crippen LogP contribution in [0.4, 0.5) is 0 Å². The Morgan fingerprint density at radius 1 is 1.60 bits per heavy atom. The fourth-order valence-corrected chi connectivity index (χ4v) is 3.16. The van der Waals surface area contributed by atoms with Crippen molar-refractivity contribution in [2.45, 2.75) is 44.2 Å². The molecule has 6 heteroatoms. The standard InChI is InChI=1S/C14H17BrClN3O/c1-9(16)13-18-12-7-10(15)8-17-14(12)19(13)5-4-11-3-2-6-20-11/h7-9,11H,2-6H2,1H3. The van der Waals surface area contributed by atoms with Crippen LogP contribution in [-0.2, 0) is 11.3 Å². The first kappa shape index (κ1) is 14.3. The topological polar surface area (TPSA) is 39.9 Å². The Balaban J connectivity index is 1.91. The molecule has 3 rings (SSSR count). The average Bonchev–Trinajstić information content (AvgIpc) is 3.02. The van der Waals surface area contributed by atoms with Crippen molar-refractivity contribution in [3.8, 4) is 0 Å². The van der Waals surface area contributed by atoms with Gasteiger partial charge in [-0.3, -0.25) is 0 Å². The van der Waals surface area contributed by atoms with Gasteiger partial charge in [-0.05, 0) is 48.2 Å². The van der Waals surface area contributed by atoms with Crippen LogP contribution in [0.25, 0.3) is 11.2 Å². The molecule has 0 N–H and O–H groups in total. The van der Waals surface area contributed by atoms with E-state index in [4.69, 9.17) is 16.3 Å². The van der Waals surface area contributed by atoms with Crippen LogP contribution in [-0.4, -0.2) is 27.2 Å². The molecule has 1 aliphatic heterocycles. The van der Waals surface area contributed by atoms with Gasteiger partial charge in [0, 0.05) is 23.8 Å². The molecule has 2 aromatic heterocycles. The lowest BCUT2D eigenvalue weighted by Gasteiger charge is -2.13. The largest absolute Gasteiger partial charge is 0.378 e. The maximum absolute atomic E-state index is 6.26. The van der Waals surface area contributed by atoms with Crippen molar-refractivity contribution in [2.24, 2.45) is 0 Å². The van der Waals surface area contributed by atoms with E-state index >= 15 is 0 Å². The van der Waals surface area contributed by atoms with Gasteiger partial charge in [-0.1, -0.05) is 0 Å². The normalized spacial score (nSPS) is 20.6. The lowest BCUT2D eigenvalue weighted by atomic mass is 10.2. The molecular weight excluding hydrogens is 342 g/mol. The van der Waals surface area contributed by atoms with Crippen LogP contribution >= 0.6 is 27.5 Å². The van der Waals surface area contributed by atoms with Crippen LogP contribution in [0.5, 0.6) is 0 Å². The predicted molar refractivity (Wildman–Crippen MR) is 83.1 cm³/mol. The third-order valence-corrected chi connectivity index (χ3v) is 4.26. The number of ether oxygens (including phenoxy) is 1. The third-order valence-electron chi connectivity index (χ3n) is 3.64. The molecule has 4 nitrogen and oxygen atoms in total. The van der Waals surface area contributed by atoms with Crippen LogP contribution in [0.3, 0.4) is 0 Å². The highest BCUT2D eigenvalue weighted by Crippen LogP contribution is 2.26. The number of halogens is 2. The molecule has 0 saturated carbocycles. The van der Waals surface area contributed by atoms with Gasteiger partial charge in [-0.15, -0.1) is 11.6 Å². The van der Waals surface area contributed by atoms with Gasteiger partial charge in [0.2, 0.25) is 0 Å². The van der Waals surface area contributed by atoms with E-state index in [1.165, 1.54) is 6.42 Å². The first-order chi connectivity index (χ1) is 9.65. The molecule has 0 aromatic carbocycles. The number of aromatic nitrogens is 3. The fourth-order valence-electron chi connectivity index (χ4n) is 2.67. The Morgan fingerprint density at radius 3 is 3.15 bits per heavy atom. The molecule has 1 saturated heterocycles. The van der Waals surface area contributed by atoms with Crippen LogP contribution in [0.2, 0.25) is 0 Å². The fraction of sp³-hybridized carbons (Fsp3) is 0.571. The number of hydrogen-bond acceptors (Lipinski definition) is 3. The third kappa shape index (κ3) is 2.85. The van der Waals surface area contributed by atoms with Crippen molar-refractivity contribution < 1.29 is 4.74 Å². The summed E-state index contributed by atoms with van der Waals surface area (Å²) in [5, 5.41) is -0.132. The van der Waals surface area contributed by atoms with Gasteiger partial charge in [0.15, 0.2) is 5.65 Å². The smallest absolute Gasteiger partial charge is 0.160 e. The Kier molecular flexibility index (Phi) is 4.29. The number of nitrogens with zero attached hydrogens (tertiary/aromatic N) is 3. The molecular formula is C14H17BrClN3O. The summed E-state index contributed by atoms with van der Waals surface area (Å²) >= 11 is 9.69. The van der Waals surface area contributed by atoms with Crippen molar-refractivity contribution in [3.05, 3.63) is 22.6 Å². The highest BCUT2D eigenvalue weighted by atomic mass is 79.9. The van der Waals surface area contributed by atoms with Crippen LogP contribution in [0, 0.1) is 0 Å². The number of pyridine rings is 1. The monoisotopic (exact) mass is 357 g/mol. The first-order valence-electron chi connectivity index (χ1n) is 6.92. The maximum Gasteiger partial charge on any atom is 0.160 e. The molecule has 0 aliphatic carbocycles. The van der Waals surface area contributed by atoms with E-state index in [1.54, 1.807) is 6.20 Å². The van der Waals surface area contributed by atoms with Gasteiger partial charge < -0.3 is 9.30 Å². The van der Waals surface area contributed by atoms with Crippen molar-refractivity contribution in [2.75, 3.05) is 6.61 Å². The molecule has 2 aromatic rings. The van der Waals surface area contributed by atoms with Gasteiger partial charge in [0.25, 0.3) is 0 Å². The second-order valence-electron chi connectivity index (χ2n) is 5.16. The van der Waals surface area contributed by atoms with Crippen molar-refractivity contribution in [1.82, 2.24) is 14.5 Å². The SMILES string of the molecule is CC(Cl)c1nc2cc(Br)cnc2n1CCC1CCCO1. The number of rotatable bonds is 4. The van der Waals surface area contributed by atoms with E-state index in [0.29, 0.717) is 6.10 Å². The summed E-state index contributed by atoms with van der Waals surface area (Å²) in [6.07, 6.45) is 5.47. The highest BCUT2D eigenvalue weighted by molar-refractivity contribution is 9.10. The van der Waals surface area contributed by atoms with Gasteiger partial charge in [0.1, 0.15) is 11.3 Å². The Morgan fingerprint density at radius 2 is 2.45 bits per heavy atom. The summed E-state index contributed by atoms with van der Waals surface area (Å²) in [7, 11) is 0. The molecule has 0 bridgehead atoms. The summed E-state index contributed by atoms with van der Waals surface area (Å²) in [6.45, 7) is 3.68. The lowest BCUT2D eigenvalue weighted by molar-refractivity contribution is 0.100. The predicted octanol–water partition coefficient (Wildman–Crippen LogP) is 4.06. The molecule has 2 atom stereocenters. The summed E-state index contributed by atoms with van der Waals surface area (Å²) in [6, 6.07) is 1.98. The summed E-state index contributed by atoms with van der Waals surface area (Å²) < 4.78 is 8.75. The van der Waals surface area contributed by atoms with E-state index in [9.17, 15) is 0 Å². The minimum Gasteiger partial charge on any atom is -0.378 e. The minimum absolute atomic E-state index is 0.132. The second kappa shape index (κ2) is 6.00. The van der Waals surface area contributed by atoms with E-state index in [1.807, 2.05) is 13.0 Å². The van der Waals surface area contributed by atoms with Gasteiger partial charge in [0.05, 0.1) is 11.5 Å². The summed E-state index contributed by atoms with van der Waals surface area (Å²) in [4.78, 5) is 9.10. The van der Waals surface area contributed by atoms with Crippen LogP contribution in [0.15, 0.2) is 16.7 Å².